The van der Waals surface area contributed by atoms with Gasteiger partial charge in [0.1, 0.15) is 6.10 Å². The van der Waals surface area contributed by atoms with Gasteiger partial charge in [0.25, 0.3) is 0 Å². The van der Waals surface area contributed by atoms with Crippen LogP contribution in [0.1, 0.15) is 106 Å². The monoisotopic (exact) mass is 566 g/mol. The van der Waals surface area contributed by atoms with E-state index in [2.05, 4.69) is 20.8 Å². The molecule has 0 aliphatic heterocycles. The fraction of sp³-hybridized carbons (Fsp3) is 0.938. The number of aliphatic hydroxyl groups is 3. The second-order valence-electron chi connectivity index (χ2n) is 14.6. The third-order valence-corrected chi connectivity index (χ3v) is 13.3. The zero-order valence-electron chi connectivity index (χ0n) is 25.2. The number of esters is 1. The van der Waals surface area contributed by atoms with Gasteiger partial charge < -0.3 is 20.1 Å². The van der Waals surface area contributed by atoms with Crippen molar-refractivity contribution >= 4 is 22.8 Å². The molecule has 0 heterocycles. The van der Waals surface area contributed by atoms with Crippen LogP contribution in [0, 0.1) is 51.8 Å². The van der Waals surface area contributed by atoms with Crippen LogP contribution in [0.3, 0.4) is 0 Å². The smallest absolute Gasteiger partial charge is 0.311 e. The highest BCUT2D eigenvalue weighted by atomic mass is 32.2. The van der Waals surface area contributed by atoms with E-state index in [4.69, 9.17) is 9.84 Å². The van der Waals surface area contributed by atoms with E-state index in [0.717, 1.165) is 57.8 Å². The molecule has 224 valence electrons. The minimum Gasteiger partial charge on any atom is -0.462 e. The Morgan fingerprint density at radius 3 is 2.46 bits per heavy atom. The van der Waals surface area contributed by atoms with E-state index in [-0.39, 0.29) is 52.4 Å². The summed E-state index contributed by atoms with van der Waals surface area (Å²) in [4.78, 5) is 25.0. The lowest BCUT2D eigenvalue weighted by molar-refractivity contribution is -0.210. The van der Waals surface area contributed by atoms with Gasteiger partial charge in [0.2, 0.25) is 0 Å². The van der Waals surface area contributed by atoms with Crippen LogP contribution < -0.4 is 0 Å². The molecule has 0 aromatic rings. The number of carbonyl (C=O) groups is 2. The van der Waals surface area contributed by atoms with E-state index in [1.807, 2.05) is 20.8 Å². The summed E-state index contributed by atoms with van der Waals surface area (Å²) in [5, 5.41) is 32.6. The van der Waals surface area contributed by atoms with E-state index in [1.165, 1.54) is 11.8 Å². The average Bonchev–Trinajstić information content (AvgIpc) is 3.25. The molecule has 11 atom stereocenters. The highest BCUT2D eigenvalue weighted by molar-refractivity contribution is 8.13. The molecule has 4 rings (SSSR count). The highest BCUT2D eigenvalue weighted by Gasteiger charge is 2.65. The molecule has 7 heteroatoms. The molecular formula is C32H54O6S. The zero-order chi connectivity index (χ0) is 28.8. The first kappa shape index (κ1) is 31.3. The Balaban J connectivity index is 1.46. The number of rotatable bonds is 9. The van der Waals surface area contributed by atoms with Gasteiger partial charge in [-0.1, -0.05) is 39.5 Å². The third-order valence-electron chi connectivity index (χ3n) is 12.4. The van der Waals surface area contributed by atoms with Crippen molar-refractivity contribution in [2.75, 3.05) is 12.4 Å². The highest BCUT2D eigenvalue weighted by Crippen LogP contribution is 2.68. The maximum absolute atomic E-state index is 12.8. The van der Waals surface area contributed by atoms with Gasteiger partial charge in [-0.2, -0.15) is 0 Å². The Kier molecular flexibility index (Phi) is 9.58. The Morgan fingerprint density at radius 2 is 1.79 bits per heavy atom. The van der Waals surface area contributed by atoms with Crippen molar-refractivity contribution < 1.29 is 29.6 Å². The first-order valence-electron chi connectivity index (χ1n) is 15.6. The van der Waals surface area contributed by atoms with Gasteiger partial charge in [0, 0.05) is 12.2 Å². The van der Waals surface area contributed by atoms with Gasteiger partial charge in [-0.05, 0) is 118 Å². The fourth-order valence-corrected chi connectivity index (χ4v) is 10.0. The Hall–Kier alpha value is -0.630. The number of hydrogen-bond donors (Lipinski definition) is 3. The first-order chi connectivity index (χ1) is 18.3. The summed E-state index contributed by atoms with van der Waals surface area (Å²) >= 11 is 1.21. The molecule has 0 radical (unpaired) electrons. The Morgan fingerprint density at radius 1 is 1.08 bits per heavy atom. The molecule has 4 fully saturated rings. The Labute approximate surface area is 240 Å². The van der Waals surface area contributed by atoms with E-state index in [0.29, 0.717) is 29.9 Å². The van der Waals surface area contributed by atoms with Crippen LogP contribution >= 0.6 is 11.8 Å². The average molecular weight is 567 g/mol. The van der Waals surface area contributed by atoms with Gasteiger partial charge in [0.05, 0.1) is 24.2 Å². The van der Waals surface area contributed by atoms with Crippen LogP contribution in [-0.2, 0) is 14.3 Å². The maximum atomic E-state index is 12.8. The van der Waals surface area contributed by atoms with Gasteiger partial charge in [-0.15, -0.1) is 0 Å². The van der Waals surface area contributed by atoms with Crippen molar-refractivity contribution in [3.63, 3.8) is 0 Å². The molecule has 4 saturated carbocycles. The standard InChI is InChI=1S/C32H54O6S/c1-7-30(3,4)29(37)38-21-12-13-31(5)20(16-21)17-25(34)28-23-10-9-22(32(23,6)26(35)18-24(28)31)19(2)8-11-27(36)39-15-14-33/h19-26,28,33-35H,7-18H2,1-6H3. The third kappa shape index (κ3) is 5.72. The molecule has 6 nitrogen and oxygen atoms in total. The molecule has 4 aliphatic carbocycles. The first-order valence-corrected chi connectivity index (χ1v) is 16.6. The molecule has 0 aromatic carbocycles. The van der Waals surface area contributed by atoms with Crippen molar-refractivity contribution in [1.82, 2.24) is 0 Å². The number of fused-ring (bicyclic) bond motifs is 5. The van der Waals surface area contributed by atoms with Crippen LogP contribution in [0.2, 0.25) is 0 Å². The molecular weight excluding hydrogens is 512 g/mol. The molecule has 0 aromatic heterocycles. The number of aliphatic hydroxyl groups excluding tert-OH is 3. The van der Waals surface area contributed by atoms with E-state index >= 15 is 0 Å². The number of ether oxygens (including phenoxy) is 1. The summed E-state index contributed by atoms with van der Waals surface area (Å²) in [5.41, 5.74) is -0.683. The Bertz CT molecular complexity index is 892. The normalized spacial score (nSPS) is 42.7. The van der Waals surface area contributed by atoms with E-state index < -0.39 is 17.6 Å². The van der Waals surface area contributed by atoms with Crippen LogP contribution in [0.25, 0.3) is 0 Å². The molecule has 11 unspecified atom stereocenters. The molecule has 0 bridgehead atoms. The summed E-state index contributed by atoms with van der Waals surface area (Å²) in [5.74, 6) is 2.04. The second-order valence-corrected chi connectivity index (χ2v) is 15.7. The predicted molar refractivity (Wildman–Crippen MR) is 155 cm³/mol. The largest absolute Gasteiger partial charge is 0.462 e. The fourth-order valence-electron chi connectivity index (χ4n) is 9.46. The van der Waals surface area contributed by atoms with Crippen molar-refractivity contribution in [3.05, 3.63) is 0 Å². The van der Waals surface area contributed by atoms with Gasteiger partial charge in [0.15, 0.2) is 5.12 Å². The van der Waals surface area contributed by atoms with Crippen molar-refractivity contribution in [2.45, 2.75) is 124 Å². The molecule has 39 heavy (non-hydrogen) atoms. The summed E-state index contributed by atoms with van der Waals surface area (Å²) in [6.07, 6.45) is 7.36. The van der Waals surface area contributed by atoms with Crippen LogP contribution in [0.5, 0.6) is 0 Å². The van der Waals surface area contributed by atoms with Crippen LogP contribution in [-0.4, -0.2) is 57.1 Å². The number of thioether (sulfide) groups is 1. The number of hydrogen-bond acceptors (Lipinski definition) is 7. The van der Waals surface area contributed by atoms with Crippen molar-refractivity contribution in [3.8, 4) is 0 Å². The summed E-state index contributed by atoms with van der Waals surface area (Å²) in [6.45, 7) is 12.8. The van der Waals surface area contributed by atoms with Crippen LogP contribution in [0.4, 0.5) is 0 Å². The molecule has 0 amide bonds. The number of carbonyl (C=O) groups excluding carboxylic acids is 2. The maximum Gasteiger partial charge on any atom is 0.311 e. The van der Waals surface area contributed by atoms with Crippen molar-refractivity contribution in [2.24, 2.45) is 51.8 Å². The molecule has 0 spiro atoms. The lowest BCUT2D eigenvalue weighted by Crippen LogP contribution is -2.62. The van der Waals surface area contributed by atoms with Gasteiger partial charge in [-0.25, -0.2) is 0 Å². The second kappa shape index (κ2) is 11.9. The topological polar surface area (TPSA) is 104 Å². The predicted octanol–water partition coefficient (Wildman–Crippen LogP) is 5.60. The summed E-state index contributed by atoms with van der Waals surface area (Å²) in [6, 6.07) is 0. The lowest BCUT2D eigenvalue weighted by atomic mass is 9.43. The van der Waals surface area contributed by atoms with Crippen molar-refractivity contribution in [1.29, 1.82) is 0 Å². The van der Waals surface area contributed by atoms with Gasteiger partial charge >= 0.3 is 5.97 Å². The van der Waals surface area contributed by atoms with Crippen LogP contribution in [0.15, 0.2) is 0 Å². The van der Waals surface area contributed by atoms with Gasteiger partial charge in [-0.3, -0.25) is 9.59 Å². The van der Waals surface area contributed by atoms with E-state index in [1.54, 1.807) is 0 Å². The lowest BCUT2D eigenvalue weighted by Gasteiger charge is -2.63. The zero-order valence-corrected chi connectivity index (χ0v) is 26.0. The molecule has 3 N–H and O–H groups in total. The summed E-state index contributed by atoms with van der Waals surface area (Å²) < 4.78 is 6.01. The quantitative estimate of drug-likeness (QED) is 0.312. The molecule has 4 aliphatic rings. The minimum atomic E-state index is -0.475. The minimum absolute atomic E-state index is 0.0219. The van der Waals surface area contributed by atoms with E-state index in [9.17, 15) is 19.8 Å². The summed E-state index contributed by atoms with van der Waals surface area (Å²) in [7, 11) is 0. The molecule has 0 saturated heterocycles. The SMILES string of the molecule is CCC(C)(C)C(=O)OC1CCC2(C)C(C1)CC(O)C1C2CC(O)C2(C)C(C(C)CCC(=O)SCCO)CCC12.